The van der Waals surface area contributed by atoms with E-state index in [1.165, 1.54) is 24.0 Å². The van der Waals surface area contributed by atoms with Crippen LogP contribution in [0.3, 0.4) is 0 Å². The molecule has 3 aromatic carbocycles. The first-order valence-corrected chi connectivity index (χ1v) is 12.3. The Labute approximate surface area is 205 Å². The van der Waals surface area contributed by atoms with Crippen molar-refractivity contribution in [3.8, 4) is 17.2 Å². The molecule has 0 fully saturated rings. The van der Waals surface area contributed by atoms with E-state index in [4.69, 9.17) is 14.2 Å². The molecule has 0 unspecified atom stereocenters. The monoisotopic (exact) mass is 461 g/mol. The highest BCUT2D eigenvalue weighted by atomic mass is 16.5. The van der Waals surface area contributed by atoms with Crippen LogP contribution >= 0.6 is 0 Å². The van der Waals surface area contributed by atoms with Crippen molar-refractivity contribution in [2.75, 3.05) is 26.8 Å². The SMILES string of the molecule is CCCCNCCOc1ccc([C@H]2CC(C)(C)Oc3cc(OC)ccc32)cc1.c1ccccc1. The minimum atomic E-state index is -0.219. The molecule has 0 radical (unpaired) electrons. The predicted octanol–water partition coefficient (Wildman–Crippen LogP) is 6.84. The number of ether oxygens (including phenoxy) is 3. The zero-order chi connectivity index (χ0) is 24.2. The molecule has 0 amide bonds. The molecule has 1 aliphatic heterocycles. The third-order valence-corrected chi connectivity index (χ3v) is 5.88. The van der Waals surface area contributed by atoms with E-state index in [0.29, 0.717) is 12.5 Å². The van der Waals surface area contributed by atoms with Gasteiger partial charge in [0.15, 0.2) is 0 Å². The van der Waals surface area contributed by atoms with Gasteiger partial charge in [0.05, 0.1) is 7.11 Å². The smallest absolute Gasteiger partial charge is 0.127 e. The summed E-state index contributed by atoms with van der Waals surface area (Å²) in [6, 6.07) is 26.6. The number of rotatable bonds is 9. The lowest BCUT2D eigenvalue weighted by molar-refractivity contribution is 0.0771. The lowest BCUT2D eigenvalue weighted by atomic mass is 9.80. The predicted molar refractivity (Wildman–Crippen MR) is 140 cm³/mol. The van der Waals surface area contributed by atoms with Crippen LogP contribution in [0, 0.1) is 0 Å². The molecule has 0 saturated heterocycles. The Hall–Kier alpha value is -2.98. The quantitative estimate of drug-likeness (QED) is 0.354. The first-order valence-electron chi connectivity index (χ1n) is 12.3. The van der Waals surface area contributed by atoms with Crippen LogP contribution in [-0.4, -0.2) is 32.4 Å². The Morgan fingerprint density at radius 3 is 2.18 bits per heavy atom. The third kappa shape index (κ3) is 7.81. The highest BCUT2D eigenvalue weighted by Crippen LogP contribution is 2.45. The van der Waals surface area contributed by atoms with Gasteiger partial charge in [-0.05, 0) is 57.0 Å². The third-order valence-electron chi connectivity index (χ3n) is 5.88. The number of hydrogen-bond donors (Lipinski definition) is 1. The van der Waals surface area contributed by atoms with Gasteiger partial charge in [0, 0.05) is 24.1 Å². The van der Waals surface area contributed by atoms with Crippen LogP contribution < -0.4 is 19.5 Å². The van der Waals surface area contributed by atoms with Gasteiger partial charge in [-0.15, -0.1) is 0 Å². The molecular weight excluding hydrogens is 422 g/mol. The molecular formula is C30H39NO3. The number of fused-ring (bicyclic) bond motifs is 1. The first-order chi connectivity index (χ1) is 16.5. The Morgan fingerprint density at radius 1 is 0.912 bits per heavy atom. The molecule has 0 saturated carbocycles. The second-order valence-corrected chi connectivity index (χ2v) is 9.20. The van der Waals surface area contributed by atoms with E-state index in [9.17, 15) is 0 Å². The number of hydrogen-bond acceptors (Lipinski definition) is 4. The van der Waals surface area contributed by atoms with Gasteiger partial charge in [-0.1, -0.05) is 67.9 Å². The van der Waals surface area contributed by atoms with Crippen molar-refractivity contribution in [3.05, 3.63) is 90.0 Å². The van der Waals surface area contributed by atoms with E-state index in [0.717, 1.165) is 36.8 Å². The summed E-state index contributed by atoms with van der Waals surface area (Å²) in [5.74, 6) is 2.96. The summed E-state index contributed by atoms with van der Waals surface area (Å²) in [4.78, 5) is 0. The summed E-state index contributed by atoms with van der Waals surface area (Å²) in [5, 5.41) is 3.40. The molecule has 1 heterocycles. The second-order valence-electron chi connectivity index (χ2n) is 9.20. The summed E-state index contributed by atoms with van der Waals surface area (Å²) < 4.78 is 17.5. The second kappa shape index (κ2) is 13.0. The summed E-state index contributed by atoms with van der Waals surface area (Å²) in [7, 11) is 1.69. The van der Waals surface area contributed by atoms with Crippen molar-refractivity contribution in [3.63, 3.8) is 0 Å². The number of nitrogens with one attached hydrogen (secondary N) is 1. The highest BCUT2D eigenvalue weighted by molar-refractivity contribution is 5.49. The summed E-state index contributed by atoms with van der Waals surface area (Å²) in [6.07, 6.45) is 3.37. The normalized spacial score (nSPS) is 15.8. The van der Waals surface area contributed by atoms with Crippen molar-refractivity contribution < 1.29 is 14.2 Å². The van der Waals surface area contributed by atoms with Crippen LogP contribution in [0.2, 0.25) is 0 Å². The maximum atomic E-state index is 6.22. The lowest BCUT2D eigenvalue weighted by Crippen LogP contribution is -2.35. The molecule has 1 aliphatic rings. The van der Waals surface area contributed by atoms with Gasteiger partial charge in [0.2, 0.25) is 0 Å². The fourth-order valence-corrected chi connectivity index (χ4v) is 4.11. The fraction of sp³-hybridized carbons (Fsp3) is 0.400. The zero-order valence-electron chi connectivity index (χ0n) is 21.1. The molecule has 0 spiro atoms. The molecule has 34 heavy (non-hydrogen) atoms. The minimum absolute atomic E-state index is 0.219. The average Bonchev–Trinajstić information content (AvgIpc) is 2.86. The number of methoxy groups -OCH3 is 1. The van der Waals surface area contributed by atoms with E-state index in [-0.39, 0.29) is 5.60 Å². The summed E-state index contributed by atoms with van der Waals surface area (Å²) in [5.41, 5.74) is 2.29. The van der Waals surface area contributed by atoms with Crippen LogP contribution in [0.15, 0.2) is 78.9 Å². The number of benzene rings is 3. The van der Waals surface area contributed by atoms with Crippen molar-refractivity contribution in [1.82, 2.24) is 5.32 Å². The Morgan fingerprint density at radius 2 is 1.56 bits per heavy atom. The van der Waals surface area contributed by atoms with Crippen LogP contribution in [0.4, 0.5) is 0 Å². The van der Waals surface area contributed by atoms with E-state index < -0.39 is 0 Å². The van der Waals surface area contributed by atoms with Crippen LogP contribution in [0.1, 0.15) is 57.1 Å². The van der Waals surface area contributed by atoms with Crippen LogP contribution in [-0.2, 0) is 0 Å². The Bertz CT molecular complexity index is 943. The van der Waals surface area contributed by atoms with Gasteiger partial charge in [-0.25, -0.2) is 0 Å². The van der Waals surface area contributed by atoms with E-state index in [1.54, 1.807) is 7.11 Å². The number of unbranched alkanes of at least 4 members (excludes halogenated alkanes) is 1. The van der Waals surface area contributed by atoms with Crippen molar-refractivity contribution in [1.29, 1.82) is 0 Å². The minimum Gasteiger partial charge on any atom is -0.497 e. The maximum absolute atomic E-state index is 6.22. The Kier molecular flexibility index (Phi) is 9.84. The fourth-order valence-electron chi connectivity index (χ4n) is 4.11. The van der Waals surface area contributed by atoms with Gasteiger partial charge >= 0.3 is 0 Å². The molecule has 0 aromatic heterocycles. The van der Waals surface area contributed by atoms with Crippen LogP contribution in [0.5, 0.6) is 17.2 Å². The van der Waals surface area contributed by atoms with Gasteiger partial charge in [-0.2, -0.15) is 0 Å². The van der Waals surface area contributed by atoms with Crippen molar-refractivity contribution in [2.24, 2.45) is 0 Å². The van der Waals surface area contributed by atoms with Crippen molar-refractivity contribution >= 4 is 0 Å². The summed E-state index contributed by atoms with van der Waals surface area (Å²) >= 11 is 0. The molecule has 182 valence electrons. The summed E-state index contributed by atoms with van der Waals surface area (Å²) in [6.45, 7) is 9.12. The molecule has 4 nitrogen and oxygen atoms in total. The van der Waals surface area contributed by atoms with E-state index in [1.807, 2.05) is 48.5 Å². The zero-order valence-corrected chi connectivity index (χ0v) is 21.1. The average molecular weight is 462 g/mol. The van der Waals surface area contributed by atoms with Gasteiger partial charge < -0.3 is 19.5 Å². The van der Waals surface area contributed by atoms with E-state index in [2.05, 4.69) is 56.4 Å². The van der Waals surface area contributed by atoms with Gasteiger partial charge in [0.1, 0.15) is 29.5 Å². The standard InChI is InChI=1S/C24H33NO3.C6H6/c1-5-6-13-25-14-15-27-19-9-7-18(8-10-19)22-17-24(2,3)28-23-16-20(26-4)11-12-21(22)23;1-2-4-6-5-3-1/h7-12,16,22,25H,5-6,13-15,17H2,1-4H3;1-6H/t22-;/m1./s1. The largest absolute Gasteiger partial charge is 0.497 e. The highest BCUT2D eigenvalue weighted by Gasteiger charge is 2.34. The molecule has 1 atom stereocenters. The first kappa shape index (κ1) is 25.6. The molecule has 4 heteroatoms. The molecule has 4 rings (SSSR count). The van der Waals surface area contributed by atoms with Crippen molar-refractivity contribution in [2.45, 2.75) is 51.6 Å². The molecule has 0 bridgehead atoms. The lowest BCUT2D eigenvalue weighted by Gasteiger charge is -2.38. The Balaban J connectivity index is 0.000000469. The maximum Gasteiger partial charge on any atom is 0.127 e. The van der Waals surface area contributed by atoms with Gasteiger partial charge in [-0.3, -0.25) is 0 Å². The van der Waals surface area contributed by atoms with Crippen LogP contribution in [0.25, 0.3) is 0 Å². The van der Waals surface area contributed by atoms with Gasteiger partial charge in [0.25, 0.3) is 0 Å². The van der Waals surface area contributed by atoms with E-state index >= 15 is 0 Å². The topological polar surface area (TPSA) is 39.7 Å². The molecule has 0 aliphatic carbocycles. The molecule has 1 N–H and O–H groups in total. The molecule has 3 aromatic rings.